The SMILES string of the molecule is Cc1cc(NC(=O)c2c(-c3ccccc3Cl)noc2C)ccc1S(C)(=O)=O. The van der Waals surface area contributed by atoms with Crippen molar-refractivity contribution in [2.24, 2.45) is 0 Å². The lowest BCUT2D eigenvalue weighted by Crippen LogP contribution is -2.14. The first-order valence-corrected chi connectivity index (χ1v) is 10.3. The van der Waals surface area contributed by atoms with Crippen molar-refractivity contribution in [3.8, 4) is 11.3 Å². The number of carbonyl (C=O) groups is 1. The van der Waals surface area contributed by atoms with Crippen LogP contribution in [0.15, 0.2) is 51.9 Å². The van der Waals surface area contributed by atoms with Crippen molar-refractivity contribution in [3.63, 3.8) is 0 Å². The maximum atomic E-state index is 12.8. The van der Waals surface area contributed by atoms with Crippen molar-refractivity contribution >= 4 is 33.0 Å². The van der Waals surface area contributed by atoms with Gasteiger partial charge in [0.05, 0.1) is 9.92 Å². The lowest BCUT2D eigenvalue weighted by atomic mass is 10.1. The molecule has 0 saturated carbocycles. The molecule has 0 saturated heterocycles. The molecule has 0 spiro atoms. The number of amides is 1. The van der Waals surface area contributed by atoms with E-state index in [0.717, 1.165) is 6.26 Å². The molecule has 3 rings (SSSR count). The number of anilines is 1. The second kappa shape index (κ2) is 7.17. The average Bonchev–Trinajstić information content (AvgIpc) is 2.95. The van der Waals surface area contributed by atoms with Crippen LogP contribution in [0.25, 0.3) is 11.3 Å². The van der Waals surface area contributed by atoms with Crippen LogP contribution >= 0.6 is 11.6 Å². The Balaban J connectivity index is 1.96. The van der Waals surface area contributed by atoms with E-state index in [4.69, 9.17) is 16.1 Å². The van der Waals surface area contributed by atoms with Gasteiger partial charge in [0.25, 0.3) is 5.91 Å². The van der Waals surface area contributed by atoms with E-state index < -0.39 is 15.7 Å². The Bertz CT molecular complexity index is 1140. The van der Waals surface area contributed by atoms with Gasteiger partial charge in [-0.15, -0.1) is 0 Å². The molecule has 0 bridgehead atoms. The summed E-state index contributed by atoms with van der Waals surface area (Å²) in [5.41, 5.74) is 2.22. The standard InChI is InChI=1S/C19H17ClN2O4S/c1-11-10-13(8-9-16(11)27(3,24)25)21-19(23)17-12(2)26-22-18(17)14-6-4-5-7-15(14)20/h4-10H,1-3H3,(H,21,23). The number of carbonyl (C=O) groups excluding carboxylic acids is 1. The van der Waals surface area contributed by atoms with Gasteiger partial charge in [0.2, 0.25) is 0 Å². The molecule has 1 heterocycles. The first-order valence-electron chi connectivity index (χ1n) is 8.01. The van der Waals surface area contributed by atoms with Crippen LogP contribution in [-0.4, -0.2) is 25.7 Å². The Morgan fingerprint density at radius 2 is 1.85 bits per heavy atom. The van der Waals surface area contributed by atoms with Crippen LogP contribution in [0.2, 0.25) is 5.02 Å². The van der Waals surface area contributed by atoms with Crippen LogP contribution in [-0.2, 0) is 9.84 Å². The van der Waals surface area contributed by atoms with Crippen LogP contribution < -0.4 is 5.32 Å². The summed E-state index contributed by atoms with van der Waals surface area (Å²) in [6.07, 6.45) is 1.14. The van der Waals surface area contributed by atoms with Gasteiger partial charge >= 0.3 is 0 Å². The molecule has 0 radical (unpaired) electrons. The Labute approximate surface area is 162 Å². The third-order valence-corrected chi connectivity index (χ3v) is 5.64. The predicted molar refractivity (Wildman–Crippen MR) is 104 cm³/mol. The van der Waals surface area contributed by atoms with E-state index in [9.17, 15) is 13.2 Å². The highest BCUT2D eigenvalue weighted by molar-refractivity contribution is 7.90. The lowest BCUT2D eigenvalue weighted by molar-refractivity contribution is 0.102. The highest BCUT2D eigenvalue weighted by Gasteiger charge is 2.23. The minimum absolute atomic E-state index is 0.221. The molecular formula is C19H17ClN2O4S. The summed E-state index contributed by atoms with van der Waals surface area (Å²) in [7, 11) is -3.33. The molecule has 2 aromatic carbocycles. The molecule has 0 aliphatic rings. The molecule has 0 fully saturated rings. The van der Waals surface area contributed by atoms with Gasteiger partial charge in [0.1, 0.15) is 17.0 Å². The first-order chi connectivity index (χ1) is 12.7. The molecule has 0 aliphatic carbocycles. The van der Waals surface area contributed by atoms with Gasteiger partial charge in [-0.25, -0.2) is 8.42 Å². The van der Waals surface area contributed by atoms with Crippen molar-refractivity contribution < 1.29 is 17.7 Å². The maximum Gasteiger partial charge on any atom is 0.261 e. The summed E-state index contributed by atoms with van der Waals surface area (Å²) in [5.74, 6) is -0.0675. The Morgan fingerprint density at radius 3 is 2.48 bits per heavy atom. The van der Waals surface area contributed by atoms with Gasteiger partial charge in [-0.2, -0.15) is 0 Å². The van der Waals surface area contributed by atoms with E-state index in [1.807, 2.05) is 0 Å². The molecular weight excluding hydrogens is 388 g/mol. The van der Waals surface area contributed by atoms with Gasteiger partial charge in [-0.05, 0) is 43.7 Å². The van der Waals surface area contributed by atoms with Crippen molar-refractivity contribution in [3.05, 3.63) is 64.4 Å². The van der Waals surface area contributed by atoms with E-state index in [0.29, 0.717) is 33.3 Å². The molecule has 1 amide bonds. The van der Waals surface area contributed by atoms with Crippen LogP contribution in [0.5, 0.6) is 0 Å². The van der Waals surface area contributed by atoms with Crippen LogP contribution in [0.3, 0.4) is 0 Å². The van der Waals surface area contributed by atoms with Crippen LogP contribution in [0.1, 0.15) is 21.7 Å². The molecule has 8 heteroatoms. The van der Waals surface area contributed by atoms with E-state index in [1.54, 1.807) is 50.2 Å². The number of hydrogen-bond donors (Lipinski definition) is 1. The number of halogens is 1. The number of nitrogens with one attached hydrogen (secondary N) is 1. The normalized spacial score (nSPS) is 11.4. The van der Waals surface area contributed by atoms with Crippen LogP contribution in [0, 0.1) is 13.8 Å². The summed E-state index contributed by atoms with van der Waals surface area (Å²) in [5, 5.41) is 7.18. The van der Waals surface area contributed by atoms with E-state index in [-0.39, 0.29) is 10.5 Å². The molecule has 6 nitrogen and oxygen atoms in total. The number of benzene rings is 2. The van der Waals surface area contributed by atoms with Crippen molar-refractivity contribution in [1.82, 2.24) is 5.16 Å². The third kappa shape index (κ3) is 3.89. The quantitative estimate of drug-likeness (QED) is 0.701. The van der Waals surface area contributed by atoms with Gasteiger partial charge in [0, 0.05) is 17.5 Å². The number of sulfone groups is 1. The summed E-state index contributed by atoms with van der Waals surface area (Å²) in [6.45, 7) is 3.31. The van der Waals surface area contributed by atoms with Crippen molar-refractivity contribution in [2.75, 3.05) is 11.6 Å². The monoisotopic (exact) mass is 404 g/mol. The maximum absolute atomic E-state index is 12.8. The van der Waals surface area contributed by atoms with Gasteiger partial charge in [-0.1, -0.05) is 35.0 Å². The number of hydrogen-bond acceptors (Lipinski definition) is 5. The van der Waals surface area contributed by atoms with Gasteiger partial charge in [0.15, 0.2) is 9.84 Å². The minimum Gasteiger partial charge on any atom is -0.360 e. The molecule has 0 aliphatic heterocycles. The second-order valence-corrected chi connectivity index (χ2v) is 8.54. The van der Waals surface area contributed by atoms with E-state index in [2.05, 4.69) is 10.5 Å². The zero-order valence-corrected chi connectivity index (χ0v) is 16.5. The number of aromatic nitrogens is 1. The molecule has 1 aromatic heterocycles. The van der Waals surface area contributed by atoms with Gasteiger partial charge in [-0.3, -0.25) is 4.79 Å². The molecule has 3 aromatic rings. The number of nitrogens with zero attached hydrogens (tertiary/aromatic N) is 1. The number of rotatable bonds is 4. The fraction of sp³-hybridized carbons (Fsp3) is 0.158. The molecule has 0 unspecified atom stereocenters. The average molecular weight is 405 g/mol. The highest BCUT2D eigenvalue weighted by atomic mass is 35.5. The Hall–Kier alpha value is -2.64. The highest BCUT2D eigenvalue weighted by Crippen LogP contribution is 2.31. The Kier molecular flexibility index (Phi) is 5.08. The topological polar surface area (TPSA) is 89.3 Å². The number of aryl methyl sites for hydroxylation is 2. The third-order valence-electron chi connectivity index (χ3n) is 4.05. The van der Waals surface area contributed by atoms with E-state index in [1.165, 1.54) is 6.07 Å². The molecule has 27 heavy (non-hydrogen) atoms. The summed E-state index contributed by atoms with van der Waals surface area (Å²) < 4.78 is 28.7. The predicted octanol–water partition coefficient (Wildman–Crippen LogP) is 4.27. The zero-order chi connectivity index (χ0) is 19.8. The molecule has 1 N–H and O–H groups in total. The van der Waals surface area contributed by atoms with Gasteiger partial charge < -0.3 is 9.84 Å². The largest absolute Gasteiger partial charge is 0.360 e. The van der Waals surface area contributed by atoms with Crippen molar-refractivity contribution in [2.45, 2.75) is 18.7 Å². The summed E-state index contributed by atoms with van der Waals surface area (Å²) in [6, 6.07) is 11.6. The van der Waals surface area contributed by atoms with Crippen molar-refractivity contribution in [1.29, 1.82) is 0 Å². The smallest absolute Gasteiger partial charge is 0.261 e. The van der Waals surface area contributed by atoms with E-state index >= 15 is 0 Å². The fourth-order valence-corrected chi connectivity index (χ4v) is 4.00. The summed E-state index contributed by atoms with van der Waals surface area (Å²) in [4.78, 5) is 13.0. The fourth-order valence-electron chi connectivity index (χ4n) is 2.81. The summed E-state index contributed by atoms with van der Waals surface area (Å²) >= 11 is 6.22. The molecule has 0 atom stereocenters. The van der Waals surface area contributed by atoms with Crippen LogP contribution in [0.4, 0.5) is 5.69 Å². The minimum atomic E-state index is -3.33. The molecule has 140 valence electrons. The zero-order valence-electron chi connectivity index (χ0n) is 14.9. The first kappa shape index (κ1) is 19.1. The Morgan fingerprint density at radius 1 is 1.15 bits per heavy atom. The second-order valence-electron chi connectivity index (χ2n) is 6.15. The lowest BCUT2D eigenvalue weighted by Gasteiger charge is -2.09.